The van der Waals surface area contributed by atoms with Crippen molar-refractivity contribution < 1.29 is 4.39 Å². The van der Waals surface area contributed by atoms with Gasteiger partial charge < -0.3 is 5.32 Å². The Morgan fingerprint density at radius 3 is 2.63 bits per heavy atom. The van der Waals surface area contributed by atoms with Crippen molar-refractivity contribution in [2.75, 3.05) is 6.54 Å². The smallest absolute Gasteiger partial charge is 0.128 e. The maximum absolute atomic E-state index is 13.9. The van der Waals surface area contributed by atoms with Crippen LogP contribution in [0.2, 0.25) is 5.02 Å². The number of nitrogens with one attached hydrogen (secondary N) is 1. The molecule has 0 aliphatic heterocycles. The lowest BCUT2D eigenvalue weighted by Gasteiger charge is -2.20. The first-order valence-corrected chi connectivity index (χ1v) is 7.23. The number of hydrogen-bond acceptors (Lipinski definition) is 1. The molecule has 0 amide bonds. The van der Waals surface area contributed by atoms with Crippen LogP contribution in [-0.4, -0.2) is 6.54 Å². The quantitative estimate of drug-likeness (QED) is 0.830. The fourth-order valence-corrected chi connectivity index (χ4v) is 2.45. The summed E-state index contributed by atoms with van der Waals surface area (Å²) in [5, 5.41) is 3.91. The first kappa shape index (κ1) is 14.5. The number of hydrogen-bond donors (Lipinski definition) is 1. The van der Waals surface area contributed by atoms with E-state index in [1.54, 1.807) is 12.1 Å². The average Bonchev–Trinajstić information content (AvgIpc) is 2.40. The number of rotatable bonds is 4. The van der Waals surface area contributed by atoms with Gasteiger partial charge in [0.05, 0.1) is 11.1 Å². The minimum atomic E-state index is -0.215. The minimum absolute atomic E-state index is 0.197. The van der Waals surface area contributed by atoms with Crippen LogP contribution in [0.15, 0.2) is 46.9 Å². The van der Waals surface area contributed by atoms with Gasteiger partial charge in [-0.15, -0.1) is 0 Å². The molecule has 1 nitrogen and oxygen atoms in total. The van der Waals surface area contributed by atoms with Gasteiger partial charge in [-0.05, 0) is 46.2 Å². The number of benzene rings is 2. The molecular formula is C15H14BrClFN. The third kappa shape index (κ3) is 3.35. The van der Waals surface area contributed by atoms with Gasteiger partial charge in [0, 0.05) is 10.0 Å². The third-order valence-electron chi connectivity index (χ3n) is 2.90. The van der Waals surface area contributed by atoms with E-state index in [1.165, 1.54) is 6.07 Å². The van der Waals surface area contributed by atoms with Crippen LogP contribution in [0.1, 0.15) is 24.1 Å². The first-order valence-electron chi connectivity index (χ1n) is 6.06. The zero-order valence-electron chi connectivity index (χ0n) is 10.5. The highest BCUT2D eigenvalue weighted by atomic mass is 79.9. The lowest BCUT2D eigenvalue weighted by atomic mass is 9.98. The lowest BCUT2D eigenvalue weighted by molar-refractivity contribution is 0.559. The summed E-state index contributed by atoms with van der Waals surface area (Å²) in [5.41, 5.74) is 1.57. The Kier molecular flexibility index (Phi) is 4.97. The Bertz CT molecular complexity index is 574. The molecular weight excluding hydrogens is 329 g/mol. The van der Waals surface area contributed by atoms with Gasteiger partial charge >= 0.3 is 0 Å². The van der Waals surface area contributed by atoms with E-state index in [4.69, 9.17) is 11.6 Å². The molecule has 1 unspecified atom stereocenters. The summed E-state index contributed by atoms with van der Waals surface area (Å²) in [6, 6.07) is 12.3. The molecule has 1 N–H and O–H groups in total. The normalized spacial score (nSPS) is 12.4. The van der Waals surface area contributed by atoms with Crippen molar-refractivity contribution in [3.8, 4) is 0 Å². The molecule has 19 heavy (non-hydrogen) atoms. The van der Waals surface area contributed by atoms with E-state index in [-0.39, 0.29) is 11.9 Å². The molecule has 0 saturated carbocycles. The van der Waals surface area contributed by atoms with Gasteiger partial charge in [0.1, 0.15) is 5.82 Å². The first-order chi connectivity index (χ1) is 9.13. The summed E-state index contributed by atoms with van der Waals surface area (Å²) in [6.07, 6.45) is 0. The average molecular weight is 343 g/mol. The molecule has 0 fully saturated rings. The highest BCUT2D eigenvalue weighted by molar-refractivity contribution is 9.10. The maximum Gasteiger partial charge on any atom is 0.128 e. The van der Waals surface area contributed by atoms with Gasteiger partial charge in [-0.3, -0.25) is 0 Å². The Labute approximate surface area is 125 Å². The van der Waals surface area contributed by atoms with Crippen LogP contribution in [0, 0.1) is 5.82 Å². The molecule has 0 spiro atoms. The highest BCUT2D eigenvalue weighted by Gasteiger charge is 2.17. The Morgan fingerprint density at radius 2 is 2.00 bits per heavy atom. The van der Waals surface area contributed by atoms with Crippen LogP contribution < -0.4 is 5.32 Å². The van der Waals surface area contributed by atoms with Gasteiger partial charge in [0.25, 0.3) is 0 Å². The molecule has 1 atom stereocenters. The summed E-state index contributed by atoms with van der Waals surface area (Å²) < 4.78 is 14.8. The fraction of sp³-hybridized carbons (Fsp3) is 0.200. The van der Waals surface area contributed by atoms with Crippen LogP contribution in [0.5, 0.6) is 0 Å². The van der Waals surface area contributed by atoms with Gasteiger partial charge in [0.2, 0.25) is 0 Å². The van der Waals surface area contributed by atoms with Crippen LogP contribution in [-0.2, 0) is 0 Å². The largest absolute Gasteiger partial charge is 0.306 e. The standard InChI is InChI=1S/C15H14BrClFN/c1-2-19-15(11-5-3-4-6-14(11)18)10-7-8-12(16)13(17)9-10/h3-9,15,19H,2H2,1H3. The zero-order chi connectivity index (χ0) is 13.8. The molecule has 0 aliphatic carbocycles. The summed E-state index contributed by atoms with van der Waals surface area (Å²) in [4.78, 5) is 0. The molecule has 0 heterocycles. The minimum Gasteiger partial charge on any atom is -0.306 e. The molecule has 0 saturated heterocycles. The Hall–Kier alpha value is -0.900. The topological polar surface area (TPSA) is 12.0 Å². The van der Waals surface area contributed by atoms with Gasteiger partial charge in [-0.2, -0.15) is 0 Å². The summed E-state index contributed by atoms with van der Waals surface area (Å²) >= 11 is 9.48. The fourth-order valence-electron chi connectivity index (χ4n) is 2.01. The molecule has 4 heteroatoms. The van der Waals surface area contributed by atoms with Gasteiger partial charge in [-0.25, -0.2) is 4.39 Å². The molecule has 0 aromatic heterocycles. The maximum atomic E-state index is 13.9. The van der Waals surface area contributed by atoms with Crippen molar-refractivity contribution >= 4 is 27.5 Å². The van der Waals surface area contributed by atoms with E-state index < -0.39 is 0 Å². The van der Waals surface area contributed by atoms with E-state index in [9.17, 15) is 4.39 Å². The lowest BCUT2D eigenvalue weighted by Crippen LogP contribution is -2.23. The van der Waals surface area contributed by atoms with Gasteiger partial charge in [-0.1, -0.05) is 42.8 Å². The zero-order valence-corrected chi connectivity index (χ0v) is 12.8. The third-order valence-corrected chi connectivity index (χ3v) is 4.13. The molecule has 0 aliphatic rings. The second-order valence-electron chi connectivity index (χ2n) is 4.19. The Morgan fingerprint density at radius 1 is 1.26 bits per heavy atom. The monoisotopic (exact) mass is 341 g/mol. The summed E-state index contributed by atoms with van der Waals surface area (Å²) in [6.45, 7) is 2.74. The Balaban J connectivity index is 2.45. The second kappa shape index (κ2) is 6.51. The predicted octanol–water partition coefficient (Wildman–Crippen LogP) is 4.94. The van der Waals surface area contributed by atoms with Gasteiger partial charge in [0.15, 0.2) is 0 Å². The molecule has 0 radical (unpaired) electrons. The molecule has 2 rings (SSSR count). The summed E-state index contributed by atoms with van der Waals surface area (Å²) in [5.74, 6) is -0.215. The van der Waals surface area contributed by atoms with E-state index in [2.05, 4.69) is 21.2 Å². The van der Waals surface area contributed by atoms with Crippen LogP contribution in [0.3, 0.4) is 0 Å². The van der Waals surface area contributed by atoms with Crippen molar-refractivity contribution in [1.29, 1.82) is 0 Å². The van der Waals surface area contributed by atoms with Crippen molar-refractivity contribution in [3.05, 3.63) is 68.9 Å². The van der Waals surface area contributed by atoms with Crippen molar-refractivity contribution in [2.45, 2.75) is 13.0 Å². The summed E-state index contributed by atoms with van der Waals surface area (Å²) in [7, 11) is 0. The number of halogens is 3. The van der Waals surface area contributed by atoms with Crippen molar-refractivity contribution in [2.24, 2.45) is 0 Å². The van der Waals surface area contributed by atoms with Crippen LogP contribution >= 0.6 is 27.5 Å². The van der Waals surface area contributed by atoms with Crippen molar-refractivity contribution in [3.63, 3.8) is 0 Å². The molecule has 2 aromatic rings. The van der Waals surface area contributed by atoms with E-state index in [0.717, 1.165) is 16.6 Å². The van der Waals surface area contributed by atoms with E-state index in [1.807, 2.05) is 31.2 Å². The molecule has 2 aromatic carbocycles. The SMILES string of the molecule is CCNC(c1ccc(Br)c(Cl)c1)c1ccccc1F. The highest BCUT2D eigenvalue weighted by Crippen LogP contribution is 2.30. The van der Waals surface area contributed by atoms with Crippen molar-refractivity contribution in [1.82, 2.24) is 5.32 Å². The molecule has 0 bridgehead atoms. The van der Waals surface area contributed by atoms with E-state index >= 15 is 0 Å². The van der Waals surface area contributed by atoms with Crippen LogP contribution in [0.4, 0.5) is 4.39 Å². The predicted molar refractivity (Wildman–Crippen MR) is 81.1 cm³/mol. The van der Waals surface area contributed by atoms with Crippen LogP contribution in [0.25, 0.3) is 0 Å². The molecule has 100 valence electrons. The van der Waals surface area contributed by atoms with E-state index in [0.29, 0.717) is 10.6 Å². The second-order valence-corrected chi connectivity index (χ2v) is 5.45.